The maximum absolute atomic E-state index is 11.2. The lowest BCUT2D eigenvalue weighted by atomic mass is 10.3. The Hall–Kier alpha value is -1.76. The van der Waals surface area contributed by atoms with Crippen molar-refractivity contribution in [2.75, 3.05) is 41.9 Å². The average Bonchev–Trinajstić information content (AvgIpc) is 2.26. The van der Waals surface area contributed by atoms with Gasteiger partial charge in [0.05, 0.1) is 19.5 Å². The highest BCUT2D eigenvalue weighted by molar-refractivity contribution is 5.97. The van der Waals surface area contributed by atoms with Gasteiger partial charge < -0.3 is 9.80 Å². The zero-order chi connectivity index (χ0) is 17.2. The van der Waals surface area contributed by atoms with Crippen LogP contribution in [0, 0.1) is 0 Å². The van der Waals surface area contributed by atoms with Crippen LogP contribution in [0.2, 0.25) is 0 Å². The topological polar surface area (TPSA) is 78.0 Å². The van der Waals surface area contributed by atoms with Gasteiger partial charge in [-0.15, -0.1) is 0 Å². The quantitative estimate of drug-likeness (QED) is 0.509. The van der Waals surface area contributed by atoms with Crippen LogP contribution in [-0.2, 0) is 19.2 Å². The summed E-state index contributed by atoms with van der Waals surface area (Å²) in [5.74, 6) is -0.446. The van der Waals surface area contributed by atoms with Crippen molar-refractivity contribution < 1.29 is 19.2 Å². The highest BCUT2D eigenvalue weighted by Gasteiger charge is 2.10. The highest BCUT2D eigenvalue weighted by Crippen LogP contribution is 1.92. The second-order valence-electron chi connectivity index (χ2n) is 5.36. The van der Waals surface area contributed by atoms with Gasteiger partial charge in [0.2, 0.25) is 11.8 Å². The molecule has 0 aliphatic carbocycles. The molecular formula is C14H27N3O4. The Balaban J connectivity index is 0. The Bertz CT molecular complexity index is 378. The number of carbonyl (C=O) groups excluding carboxylic acids is 4. The molecule has 7 heteroatoms. The molecule has 0 rings (SSSR count). The number of amides is 2. The molecule has 0 N–H and O–H groups in total. The molecule has 0 saturated carbocycles. The van der Waals surface area contributed by atoms with Crippen molar-refractivity contribution in [2.45, 2.75) is 26.7 Å². The molecule has 0 aromatic rings. The van der Waals surface area contributed by atoms with Gasteiger partial charge in [-0.25, -0.2) is 0 Å². The number of carbonyl (C=O) groups is 4. The number of nitrogens with zero attached hydrogens (tertiary/aromatic N) is 3. The Labute approximate surface area is 126 Å². The first kappa shape index (κ1) is 21.5. The summed E-state index contributed by atoms with van der Waals surface area (Å²) < 4.78 is 0. The normalized spacial score (nSPS) is 9.52. The van der Waals surface area contributed by atoms with Gasteiger partial charge >= 0.3 is 0 Å². The Morgan fingerprint density at radius 3 is 1.33 bits per heavy atom. The lowest BCUT2D eigenvalue weighted by Gasteiger charge is -2.20. The van der Waals surface area contributed by atoms with Crippen LogP contribution in [0.15, 0.2) is 0 Å². The summed E-state index contributed by atoms with van der Waals surface area (Å²) in [5.41, 5.74) is 0. The second-order valence-corrected chi connectivity index (χ2v) is 5.36. The van der Waals surface area contributed by atoms with Gasteiger partial charge in [-0.2, -0.15) is 0 Å². The van der Waals surface area contributed by atoms with E-state index in [-0.39, 0.29) is 36.2 Å². The molecule has 0 bridgehead atoms. The van der Waals surface area contributed by atoms with E-state index in [1.165, 1.54) is 23.6 Å². The highest BCUT2D eigenvalue weighted by atomic mass is 16.2. The van der Waals surface area contributed by atoms with Crippen molar-refractivity contribution in [1.82, 2.24) is 14.7 Å². The Kier molecular flexibility index (Phi) is 11.2. The zero-order valence-electron chi connectivity index (χ0n) is 14.1. The number of ketones is 2. The summed E-state index contributed by atoms with van der Waals surface area (Å²) in [4.78, 5) is 47.5. The number of hydrogen-bond acceptors (Lipinski definition) is 5. The van der Waals surface area contributed by atoms with E-state index in [9.17, 15) is 19.2 Å². The first-order valence-corrected chi connectivity index (χ1v) is 6.55. The molecule has 0 spiro atoms. The Morgan fingerprint density at radius 2 is 1.10 bits per heavy atom. The average molecular weight is 301 g/mol. The van der Waals surface area contributed by atoms with E-state index in [0.29, 0.717) is 6.67 Å². The van der Waals surface area contributed by atoms with Gasteiger partial charge in [0.15, 0.2) is 0 Å². The van der Waals surface area contributed by atoms with Crippen LogP contribution in [0.4, 0.5) is 0 Å². The largest absolute Gasteiger partial charge is 0.348 e. The van der Waals surface area contributed by atoms with E-state index in [0.717, 1.165) is 0 Å². The van der Waals surface area contributed by atoms with Crippen LogP contribution >= 0.6 is 0 Å². The van der Waals surface area contributed by atoms with E-state index >= 15 is 0 Å². The van der Waals surface area contributed by atoms with E-state index in [4.69, 9.17) is 0 Å². The van der Waals surface area contributed by atoms with Crippen molar-refractivity contribution in [3.05, 3.63) is 0 Å². The first-order chi connectivity index (χ1) is 9.47. The fourth-order valence-electron chi connectivity index (χ4n) is 1.22. The van der Waals surface area contributed by atoms with Crippen LogP contribution in [0.1, 0.15) is 26.7 Å². The van der Waals surface area contributed by atoms with Gasteiger partial charge in [0.1, 0.15) is 11.6 Å². The third-order valence-corrected chi connectivity index (χ3v) is 2.22. The fraction of sp³-hybridized carbons (Fsp3) is 0.714. The van der Waals surface area contributed by atoms with Gasteiger partial charge in [-0.3, -0.25) is 24.1 Å². The summed E-state index contributed by atoms with van der Waals surface area (Å²) in [7, 11) is 8.69. The van der Waals surface area contributed by atoms with Crippen molar-refractivity contribution in [3.8, 4) is 0 Å². The van der Waals surface area contributed by atoms with E-state index in [1.807, 2.05) is 19.0 Å². The van der Waals surface area contributed by atoms with Gasteiger partial charge in [0, 0.05) is 21.1 Å². The molecule has 0 aromatic heterocycles. The molecule has 0 saturated heterocycles. The first-order valence-electron chi connectivity index (χ1n) is 6.55. The SMILES string of the molecule is CC(=O)CC(=O)N(C)C.CC(=O)CC(=O)N(C)CN(C)C. The maximum atomic E-state index is 11.2. The van der Waals surface area contributed by atoms with E-state index < -0.39 is 0 Å². The van der Waals surface area contributed by atoms with Crippen molar-refractivity contribution in [2.24, 2.45) is 0 Å². The molecule has 2 amide bonds. The van der Waals surface area contributed by atoms with Gasteiger partial charge in [0.25, 0.3) is 0 Å². The van der Waals surface area contributed by atoms with Gasteiger partial charge in [-0.1, -0.05) is 0 Å². The third kappa shape index (κ3) is 14.5. The van der Waals surface area contributed by atoms with Crippen LogP contribution in [-0.4, -0.2) is 80.0 Å². The molecule has 0 atom stereocenters. The lowest BCUT2D eigenvalue weighted by Crippen LogP contribution is -2.35. The molecule has 122 valence electrons. The lowest BCUT2D eigenvalue weighted by molar-refractivity contribution is -0.135. The zero-order valence-corrected chi connectivity index (χ0v) is 14.1. The molecule has 0 aliphatic rings. The summed E-state index contributed by atoms with van der Waals surface area (Å²) >= 11 is 0. The predicted molar refractivity (Wildman–Crippen MR) is 80.6 cm³/mol. The molecule has 0 heterocycles. The minimum absolute atomic E-state index is 0.00431. The minimum Gasteiger partial charge on any atom is -0.348 e. The molecule has 0 fully saturated rings. The summed E-state index contributed by atoms with van der Waals surface area (Å²) in [5, 5.41) is 0. The summed E-state index contributed by atoms with van der Waals surface area (Å²) in [6.07, 6.45) is 0.0251. The molecular weight excluding hydrogens is 274 g/mol. The van der Waals surface area contributed by atoms with Crippen LogP contribution in [0.25, 0.3) is 0 Å². The number of rotatable bonds is 6. The van der Waals surface area contributed by atoms with Crippen molar-refractivity contribution in [1.29, 1.82) is 0 Å². The van der Waals surface area contributed by atoms with Crippen molar-refractivity contribution in [3.63, 3.8) is 0 Å². The molecule has 0 aromatic carbocycles. The van der Waals surface area contributed by atoms with Crippen LogP contribution in [0.5, 0.6) is 0 Å². The molecule has 0 radical (unpaired) electrons. The molecule has 21 heavy (non-hydrogen) atoms. The third-order valence-electron chi connectivity index (χ3n) is 2.22. The van der Waals surface area contributed by atoms with E-state index in [1.54, 1.807) is 21.1 Å². The molecule has 0 aliphatic heterocycles. The smallest absolute Gasteiger partial charge is 0.230 e. The fourth-order valence-corrected chi connectivity index (χ4v) is 1.22. The number of hydrogen-bond donors (Lipinski definition) is 0. The Morgan fingerprint density at radius 1 is 0.714 bits per heavy atom. The predicted octanol–water partition coefficient (Wildman–Crippen LogP) is -0.00330. The second kappa shape index (κ2) is 11.0. The van der Waals surface area contributed by atoms with Gasteiger partial charge in [-0.05, 0) is 27.9 Å². The van der Waals surface area contributed by atoms with Crippen LogP contribution in [0.3, 0.4) is 0 Å². The summed E-state index contributed by atoms with van der Waals surface area (Å²) in [6, 6.07) is 0. The number of Topliss-reactive ketones (excluding diaryl/α,β-unsaturated/α-hetero) is 2. The molecule has 0 unspecified atom stereocenters. The minimum atomic E-state index is -0.137. The maximum Gasteiger partial charge on any atom is 0.230 e. The van der Waals surface area contributed by atoms with E-state index in [2.05, 4.69) is 0 Å². The standard InChI is InChI=1S/C8H16N2O2.C6H11NO2/c1-7(11)5-8(12)10(4)6-9(2)3;1-5(8)4-6(9)7(2)3/h5-6H2,1-4H3;4H2,1-3H3. The molecule has 7 nitrogen and oxygen atoms in total. The van der Waals surface area contributed by atoms with Crippen molar-refractivity contribution >= 4 is 23.4 Å². The monoisotopic (exact) mass is 301 g/mol. The summed E-state index contributed by atoms with van der Waals surface area (Å²) in [6.45, 7) is 3.37. The van der Waals surface area contributed by atoms with Crippen LogP contribution < -0.4 is 0 Å².